The fourth-order valence-corrected chi connectivity index (χ4v) is 4.17. The highest BCUT2D eigenvalue weighted by Crippen LogP contribution is 2.29. The first-order valence-electron chi connectivity index (χ1n) is 8.84. The third kappa shape index (κ3) is 4.08. The molecule has 1 aliphatic heterocycles. The minimum absolute atomic E-state index is 0.618. The summed E-state index contributed by atoms with van der Waals surface area (Å²) in [5.74, 6) is 0.939. The molecule has 1 N–H and O–H groups in total. The second-order valence-corrected chi connectivity index (χ2v) is 6.97. The first-order chi connectivity index (χ1) is 10.3. The highest BCUT2D eigenvalue weighted by atomic mass is 15.2. The summed E-state index contributed by atoms with van der Waals surface area (Å²) in [6.45, 7) is 6.06. The standard InChI is InChI=1S/C19H30N2/c1-16(18-10-6-3-7-11-18)21-13-12-20-19(15-21)14-17-8-4-2-5-9-17/h2,4-5,8-9,16,18-20H,3,6-7,10-15H2,1H3. The molecule has 2 nitrogen and oxygen atoms in total. The molecule has 0 spiro atoms. The van der Waals surface area contributed by atoms with E-state index < -0.39 is 0 Å². The van der Waals surface area contributed by atoms with E-state index in [9.17, 15) is 0 Å². The molecular weight excluding hydrogens is 256 g/mol. The van der Waals surface area contributed by atoms with E-state index in [4.69, 9.17) is 0 Å². The maximum Gasteiger partial charge on any atom is 0.0236 e. The molecule has 1 aromatic rings. The van der Waals surface area contributed by atoms with Crippen molar-refractivity contribution in [3.8, 4) is 0 Å². The van der Waals surface area contributed by atoms with Crippen LogP contribution in [0.4, 0.5) is 0 Å². The first kappa shape index (κ1) is 15.1. The smallest absolute Gasteiger partial charge is 0.0236 e. The summed E-state index contributed by atoms with van der Waals surface area (Å²) in [5, 5.41) is 3.71. The number of hydrogen-bond donors (Lipinski definition) is 1. The summed E-state index contributed by atoms with van der Waals surface area (Å²) < 4.78 is 0. The van der Waals surface area contributed by atoms with E-state index in [-0.39, 0.29) is 0 Å². The van der Waals surface area contributed by atoms with Crippen molar-refractivity contribution < 1.29 is 0 Å². The minimum atomic E-state index is 0.618. The van der Waals surface area contributed by atoms with Gasteiger partial charge in [0.05, 0.1) is 0 Å². The van der Waals surface area contributed by atoms with Gasteiger partial charge in [-0.1, -0.05) is 49.6 Å². The zero-order chi connectivity index (χ0) is 14.5. The Morgan fingerprint density at radius 1 is 1.14 bits per heavy atom. The Morgan fingerprint density at radius 2 is 1.90 bits per heavy atom. The van der Waals surface area contributed by atoms with E-state index in [0.717, 1.165) is 24.9 Å². The fraction of sp³-hybridized carbons (Fsp3) is 0.684. The molecule has 0 radical (unpaired) electrons. The fourth-order valence-electron chi connectivity index (χ4n) is 4.17. The van der Waals surface area contributed by atoms with Crippen molar-refractivity contribution in [3.05, 3.63) is 35.9 Å². The molecule has 116 valence electrons. The van der Waals surface area contributed by atoms with E-state index in [1.807, 2.05) is 0 Å². The molecule has 1 heterocycles. The van der Waals surface area contributed by atoms with Gasteiger partial charge in [-0.05, 0) is 37.7 Å². The van der Waals surface area contributed by atoms with Gasteiger partial charge in [0.15, 0.2) is 0 Å². The Balaban J connectivity index is 1.55. The van der Waals surface area contributed by atoms with Gasteiger partial charge in [0.1, 0.15) is 0 Å². The lowest BCUT2D eigenvalue weighted by Gasteiger charge is -2.41. The highest BCUT2D eigenvalue weighted by molar-refractivity contribution is 5.16. The SMILES string of the molecule is CC(C1CCCCC1)N1CCNC(Cc2ccccc2)C1. The zero-order valence-corrected chi connectivity index (χ0v) is 13.4. The van der Waals surface area contributed by atoms with Gasteiger partial charge in [-0.25, -0.2) is 0 Å². The lowest BCUT2D eigenvalue weighted by atomic mass is 9.83. The van der Waals surface area contributed by atoms with Gasteiger partial charge in [0.2, 0.25) is 0 Å². The quantitative estimate of drug-likeness (QED) is 0.911. The van der Waals surface area contributed by atoms with Gasteiger partial charge in [0, 0.05) is 31.7 Å². The van der Waals surface area contributed by atoms with Gasteiger partial charge >= 0.3 is 0 Å². The lowest BCUT2D eigenvalue weighted by Crippen LogP contribution is -2.55. The molecule has 1 aliphatic carbocycles. The van der Waals surface area contributed by atoms with Gasteiger partial charge in [0.25, 0.3) is 0 Å². The lowest BCUT2D eigenvalue weighted by molar-refractivity contribution is 0.0965. The Morgan fingerprint density at radius 3 is 2.67 bits per heavy atom. The topological polar surface area (TPSA) is 15.3 Å². The molecule has 0 aromatic heterocycles. The summed E-state index contributed by atoms with van der Waals surface area (Å²) in [6.07, 6.45) is 8.43. The van der Waals surface area contributed by atoms with Gasteiger partial charge in [-0.15, -0.1) is 0 Å². The number of piperazine rings is 1. The van der Waals surface area contributed by atoms with Crippen molar-refractivity contribution in [2.45, 2.75) is 57.5 Å². The van der Waals surface area contributed by atoms with Crippen LogP contribution in [0.5, 0.6) is 0 Å². The Bertz CT molecular complexity index is 411. The number of nitrogens with zero attached hydrogens (tertiary/aromatic N) is 1. The molecule has 0 bridgehead atoms. The molecule has 2 aliphatic rings. The largest absolute Gasteiger partial charge is 0.311 e. The average molecular weight is 286 g/mol. The number of rotatable bonds is 4. The molecule has 2 heteroatoms. The molecular formula is C19H30N2. The average Bonchev–Trinajstić information content (AvgIpc) is 2.56. The van der Waals surface area contributed by atoms with E-state index in [0.29, 0.717) is 6.04 Å². The normalized spacial score (nSPS) is 26.6. The summed E-state index contributed by atoms with van der Waals surface area (Å²) >= 11 is 0. The highest BCUT2D eigenvalue weighted by Gasteiger charge is 2.28. The number of hydrogen-bond acceptors (Lipinski definition) is 2. The van der Waals surface area contributed by atoms with Crippen molar-refractivity contribution in [1.29, 1.82) is 0 Å². The second kappa shape index (κ2) is 7.42. The van der Waals surface area contributed by atoms with Crippen molar-refractivity contribution in [3.63, 3.8) is 0 Å². The number of benzene rings is 1. The van der Waals surface area contributed by atoms with Crippen LogP contribution in [0.15, 0.2) is 30.3 Å². The van der Waals surface area contributed by atoms with Crippen LogP contribution in [0.2, 0.25) is 0 Å². The predicted octanol–water partition coefficient (Wildman–Crippen LogP) is 3.47. The second-order valence-electron chi connectivity index (χ2n) is 6.97. The third-order valence-corrected chi connectivity index (χ3v) is 5.52. The molecule has 21 heavy (non-hydrogen) atoms. The van der Waals surface area contributed by atoms with Crippen LogP contribution >= 0.6 is 0 Å². The Labute approximate surface area is 129 Å². The Kier molecular flexibility index (Phi) is 5.32. The molecule has 1 saturated carbocycles. The van der Waals surface area contributed by atoms with Crippen LogP contribution in [0.25, 0.3) is 0 Å². The summed E-state index contributed by atoms with van der Waals surface area (Å²) in [4.78, 5) is 2.75. The van der Waals surface area contributed by atoms with Crippen LogP contribution in [-0.4, -0.2) is 36.6 Å². The van der Waals surface area contributed by atoms with Crippen molar-refractivity contribution in [2.75, 3.05) is 19.6 Å². The maximum absolute atomic E-state index is 3.71. The van der Waals surface area contributed by atoms with Crippen LogP contribution in [0, 0.1) is 5.92 Å². The Hall–Kier alpha value is -0.860. The predicted molar refractivity (Wildman–Crippen MR) is 89.5 cm³/mol. The number of nitrogens with one attached hydrogen (secondary N) is 1. The molecule has 2 unspecified atom stereocenters. The van der Waals surface area contributed by atoms with Gasteiger partial charge in [-0.3, -0.25) is 4.90 Å². The maximum atomic E-state index is 3.71. The van der Waals surface area contributed by atoms with Gasteiger partial charge < -0.3 is 5.32 Å². The van der Waals surface area contributed by atoms with Crippen LogP contribution in [0.3, 0.4) is 0 Å². The monoisotopic (exact) mass is 286 g/mol. The molecule has 3 rings (SSSR count). The first-order valence-corrected chi connectivity index (χ1v) is 8.84. The molecule has 1 aromatic carbocycles. The molecule has 2 atom stereocenters. The molecule has 2 fully saturated rings. The van der Waals surface area contributed by atoms with Crippen LogP contribution in [0.1, 0.15) is 44.6 Å². The van der Waals surface area contributed by atoms with Crippen molar-refractivity contribution >= 4 is 0 Å². The van der Waals surface area contributed by atoms with Crippen molar-refractivity contribution in [1.82, 2.24) is 10.2 Å². The molecule has 1 saturated heterocycles. The van der Waals surface area contributed by atoms with E-state index in [1.54, 1.807) is 0 Å². The summed E-state index contributed by atoms with van der Waals surface area (Å²) in [7, 11) is 0. The summed E-state index contributed by atoms with van der Waals surface area (Å²) in [5.41, 5.74) is 1.46. The van der Waals surface area contributed by atoms with E-state index in [1.165, 1.54) is 50.8 Å². The van der Waals surface area contributed by atoms with Gasteiger partial charge in [-0.2, -0.15) is 0 Å². The summed E-state index contributed by atoms with van der Waals surface area (Å²) in [6, 6.07) is 12.3. The zero-order valence-electron chi connectivity index (χ0n) is 13.4. The van der Waals surface area contributed by atoms with E-state index in [2.05, 4.69) is 47.5 Å². The van der Waals surface area contributed by atoms with Crippen LogP contribution < -0.4 is 5.32 Å². The van der Waals surface area contributed by atoms with Crippen LogP contribution in [-0.2, 0) is 6.42 Å². The van der Waals surface area contributed by atoms with E-state index >= 15 is 0 Å². The molecule has 0 amide bonds. The minimum Gasteiger partial charge on any atom is -0.311 e. The third-order valence-electron chi connectivity index (χ3n) is 5.52. The van der Waals surface area contributed by atoms with Crippen molar-refractivity contribution in [2.24, 2.45) is 5.92 Å².